The molecule has 2 unspecified atom stereocenters. The minimum absolute atomic E-state index is 0.00880. The lowest BCUT2D eigenvalue weighted by Crippen LogP contribution is -2.39. The Morgan fingerprint density at radius 2 is 1.92 bits per heavy atom. The van der Waals surface area contributed by atoms with Crippen LogP contribution in [0.15, 0.2) is 0 Å². The lowest BCUT2D eigenvalue weighted by Gasteiger charge is -2.31. The highest BCUT2D eigenvalue weighted by Crippen LogP contribution is 2.31. The summed E-state index contributed by atoms with van der Waals surface area (Å²) in [5.74, 6) is -0.412. The molecule has 0 spiro atoms. The van der Waals surface area contributed by atoms with E-state index in [0.717, 1.165) is 12.8 Å². The van der Waals surface area contributed by atoms with Gasteiger partial charge in [0.15, 0.2) is 0 Å². The molecule has 5 heteroatoms. The first-order chi connectivity index (χ1) is 6.11. The summed E-state index contributed by atoms with van der Waals surface area (Å²) in [5, 5.41) is 0. The highest BCUT2D eigenvalue weighted by molar-refractivity contribution is 9.10. The van der Waals surface area contributed by atoms with Gasteiger partial charge in [-0.05, 0) is 12.8 Å². The van der Waals surface area contributed by atoms with Gasteiger partial charge in [0.2, 0.25) is 5.91 Å². The molecule has 0 radical (unpaired) electrons. The van der Waals surface area contributed by atoms with Crippen molar-refractivity contribution in [3.05, 3.63) is 0 Å². The first-order valence-electron chi connectivity index (χ1n) is 4.29. The third-order valence-corrected chi connectivity index (χ3v) is 4.05. The molecule has 0 heterocycles. The molecule has 1 saturated carbocycles. The first kappa shape index (κ1) is 11.5. The molecule has 0 bridgehead atoms. The molecule has 0 saturated heterocycles. The summed E-state index contributed by atoms with van der Waals surface area (Å²) in [6.45, 7) is 0.00880. The van der Waals surface area contributed by atoms with Crippen molar-refractivity contribution in [3.8, 4) is 0 Å². The Hall–Kier alpha value is 0.390. The summed E-state index contributed by atoms with van der Waals surface area (Å²) in [5.41, 5.74) is 5.01. The lowest BCUT2D eigenvalue weighted by molar-refractivity contribution is -0.124. The number of carbonyl (C=O) groups excluding carboxylic acids is 1. The van der Waals surface area contributed by atoms with Crippen molar-refractivity contribution >= 4 is 37.8 Å². The molecular formula is C8H13Br2NO2. The van der Waals surface area contributed by atoms with Gasteiger partial charge in [-0.3, -0.25) is 4.79 Å². The van der Waals surface area contributed by atoms with Gasteiger partial charge in [-0.25, -0.2) is 0 Å². The van der Waals surface area contributed by atoms with Gasteiger partial charge < -0.3 is 10.5 Å². The Morgan fingerprint density at radius 1 is 1.38 bits per heavy atom. The lowest BCUT2D eigenvalue weighted by atomic mass is 9.97. The van der Waals surface area contributed by atoms with Crippen molar-refractivity contribution in [2.75, 3.05) is 6.61 Å². The number of carbonyl (C=O) groups is 1. The fourth-order valence-corrected chi connectivity index (χ4v) is 3.55. The molecule has 3 nitrogen and oxygen atoms in total. The van der Waals surface area contributed by atoms with Crippen molar-refractivity contribution in [2.45, 2.75) is 35.0 Å². The third kappa shape index (κ3) is 3.56. The number of nitrogens with two attached hydrogens (primary N) is 1. The normalized spacial score (nSPS) is 34.5. The molecule has 13 heavy (non-hydrogen) atoms. The SMILES string of the molecule is NC(=O)COC1C(Br)CCCC1Br. The Labute approximate surface area is 94.6 Å². The molecule has 1 rings (SSSR count). The number of alkyl halides is 2. The minimum Gasteiger partial charge on any atom is -0.368 e. The fraction of sp³-hybridized carbons (Fsp3) is 0.875. The van der Waals surface area contributed by atoms with Crippen LogP contribution in [0, 0.1) is 0 Å². The number of ether oxygens (including phenoxy) is 1. The second-order valence-electron chi connectivity index (χ2n) is 3.20. The van der Waals surface area contributed by atoms with Crippen LogP contribution in [0.2, 0.25) is 0 Å². The van der Waals surface area contributed by atoms with E-state index in [1.54, 1.807) is 0 Å². The maximum absolute atomic E-state index is 10.5. The summed E-state index contributed by atoms with van der Waals surface area (Å²) < 4.78 is 5.40. The zero-order chi connectivity index (χ0) is 9.84. The van der Waals surface area contributed by atoms with Gasteiger partial charge >= 0.3 is 0 Å². The largest absolute Gasteiger partial charge is 0.368 e. The van der Waals surface area contributed by atoms with Crippen LogP contribution in [0.1, 0.15) is 19.3 Å². The van der Waals surface area contributed by atoms with E-state index in [1.165, 1.54) is 6.42 Å². The van der Waals surface area contributed by atoms with Gasteiger partial charge in [0.25, 0.3) is 0 Å². The number of rotatable bonds is 3. The zero-order valence-electron chi connectivity index (χ0n) is 7.21. The average Bonchev–Trinajstić information content (AvgIpc) is 2.03. The molecule has 1 aliphatic rings. The second kappa shape index (κ2) is 5.32. The Bertz CT molecular complexity index is 179. The molecule has 76 valence electrons. The molecule has 0 aromatic rings. The van der Waals surface area contributed by atoms with Crippen LogP contribution < -0.4 is 5.73 Å². The third-order valence-electron chi connectivity index (χ3n) is 2.09. The van der Waals surface area contributed by atoms with Crippen molar-refractivity contribution in [1.82, 2.24) is 0 Å². The maximum Gasteiger partial charge on any atom is 0.243 e. The van der Waals surface area contributed by atoms with Crippen molar-refractivity contribution in [3.63, 3.8) is 0 Å². The molecule has 0 aliphatic heterocycles. The number of hydrogen-bond donors (Lipinski definition) is 1. The Morgan fingerprint density at radius 3 is 2.38 bits per heavy atom. The molecule has 1 fully saturated rings. The Kier molecular flexibility index (Phi) is 4.69. The van der Waals surface area contributed by atoms with Crippen molar-refractivity contribution < 1.29 is 9.53 Å². The predicted molar refractivity (Wildman–Crippen MR) is 58.2 cm³/mol. The van der Waals surface area contributed by atoms with Crippen LogP contribution in [0.5, 0.6) is 0 Å². The number of hydrogen-bond acceptors (Lipinski definition) is 2. The zero-order valence-corrected chi connectivity index (χ0v) is 10.4. The van der Waals surface area contributed by atoms with Crippen molar-refractivity contribution in [1.29, 1.82) is 0 Å². The molecule has 1 amide bonds. The topological polar surface area (TPSA) is 52.3 Å². The molecule has 0 aromatic heterocycles. The number of primary amides is 1. The van der Waals surface area contributed by atoms with E-state index in [-0.39, 0.29) is 12.7 Å². The average molecular weight is 315 g/mol. The summed E-state index contributed by atoms with van der Waals surface area (Å²) in [6.07, 6.45) is 3.42. The molecule has 0 aromatic carbocycles. The summed E-state index contributed by atoms with van der Waals surface area (Å²) in [4.78, 5) is 11.2. The van der Waals surface area contributed by atoms with E-state index >= 15 is 0 Å². The van der Waals surface area contributed by atoms with Crippen LogP contribution in [0.3, 0.4) is 0 Å². The second-order valence-corrected chi connectivity index (χ2v) is 5.56. The minimum atomic E-state index is -0.412. The van der Waals surface area contributed by atoms with Gasteiger partial charge in [-0.2, -0.15) is 0 Å². The first-order valence-corrected chi connectivity index (χ1v) is 6.12. The quantitative estimate of drug-likeness (QED) is 0.804. The smallest absolute Gasteiger partial charge is 0.243 e. The molecule has 1 aliphatic carbocycles. The van der Waals surface area contributed by atoms with E-state index in [2.05, 4.69) is 31.9 Å². The van der Waals surface area contributed by atoms with Gasteiger partial charge in [-0.15, -0.1) is 0 Å². The number of amides is 1. The predicted octanol–water partition coefficient (Wildman–Crippen LogP) is 1.57. The Balaban J connectivity index is 2.39. The molecule has 2 atom stereocenters. The van der Waals surface area contributed by atoms with Crippen LogP contribution >= 0.6 is 31.9 Å². The van der Waals surface area contributed by atoms with Crippen LogP contribution in [0.25, 0.3) is 0 Å². The number of halogens is 2. The van der Waals surface area contributed by atoms with Gasteiger partial charge in [0, 0.05) is 9.65 Å². The molecule has 2 N–H and O–H groups in total. The highest BCUT2D eigenvalue weighted by atomic mass is 79.9. The summed E-state index contributed by atoms with van der Waals surface area (Å²) >= 11 is 7.08. The van der Waals surface area contributed by atoms with E-state index < -0.39 is 5.91 Å². The summed E-state index contributed by atoms with van der Waals surface area (Å²) in [7, 11) is 0. The van der Waals surface area contributed by atoms with Crippen molar-refractivity contribution in [2.24, 2.45) is 5.73 Å². The van der Waals surface area contributed by atoms with Crippen LogP contribution in [0.4, 0.5) is 0 Å². The molecular weight excluding hydrogens is 302 g/mol. The van der Waals surface area contributed by atoms with Gasteiger partial charge in [0.05, 0.1) is 6.10 Å². The van der Waals surface area contributed by atoms with Crippen LogP contribution in [-0.2, 0) is 9.53 Å². The van der Waals surface area contributed by atoms with E-state index in [0.29, 0.717) is 9.65 Å². The summed E-state index contributed by atoms with van der Waals surface area (Å²) in [6, 6.07) is 0. The fourth-order valence-electron chi connectivity index (χ4n) is 1.45. The van der Waals surface area contributed by atoms with Gasteiger partial charge in [0.1, 0.15) is 6.61 Å². The maximum atomic E-state index is 10.5. The van der Waals surface area contributed by atoms with Gasteiger partial charge in [-0.1, -0.05) is 38.3 Å². The van der Waals surface area contributed by atoms with E-state index in [1.807, 2.05) is 0 Å². The van der Waals surface area contributed by atoms with E-state index in [9.17, 15) is 4.79 Å². The van der Waals surface area contributed by atoms with E-state index in [4.69, 9.17) is 10.5 Å². The highest BCUT2D eigenvalue weighted by Gasteiger charge is 2.31. The standard InChI is InChI=1S/C8H13Br2NO2/c9-5-2-1-3-6(10)8(5)13-4-7(11)12/h5-6,8H,1-4H2,(H2,11,12). The monoisotopic (exact) mass is 313 g/mol. The van der Waals surface area contributed by atoms with Crippen LogP contribution in [-0.4, -0.2) is 28.3 Å².